The second-order valence-electron chi connectivity index (χ2n) is 5.42. The van der Waals surface area contributed by atoms with Gasteiger partial charge in [0.2, 0.25) is 5.91 Å². The van der Waals surface area contributed by atoms with Gasteiger partial charge in [0.25, 0.3) is 0 Å². The van der Waals surface area contributed by atoms with Gasteiger partial charge in [0, 0.05) is 11.0 Å². The van der Waals surface area contributed by atoms with Gasteiger partial charge in [-0.15, -0.1) is 11.3 Å². The molecule has 2 rings (SSSR count). The average molecular weight is 336 g/mol. The monoisotopic (exact) mass is 336 g/mol. The fourth-order valence-electron chi connectivity index (χ4n) is 2.56. The molecule has 1 aromatic heterocycles. The Balaban J connectivity index is 2.32. The number of ether oxygens (including phenoxy) is 1. The minimum Gasteiger partial charge on any atom is -0.545 e. The zero-order valence-corrected chi connectivity index (χ0v) is 13.8. The third-order valence-electron chi connectivity index (χ3n) is 3.60. The van der Waals surface area contributed by atoms with Gasteiger partial charge >= 0.3 is 5.97 Å². The molecule has 1 aliphatic rings. The molecule has 0 aromatic carbocycles. The molecule has 0 unspecified atom stereocenters. The molecule has 1 atom stereocenters. The minimum atomic E-state index is -1.45. The van der Waals surface area contributed by atoms with E-state index in [1.807, 2.05) is 0 Å². The number of aliphatic carboxylic acids is 1. The minimum absolute atomic E-state index is 0.248. The van der Waals surface area contributed by atoms with E-state index in [2.05, 4.69) is 12.2 Å². The lowest BCUT2D eigenvalue weighted by Gasteiger charge is -2.18. The van der Waals surface area contributed by atoms with Crippen molar-refractivity contribution in [2.45, 2.75) is 33.1 Å². The molecule has 23 heavy (non-hydrogen) atoms. The maximum atomic E-state index is 12.2. The van der Waals surface area contributed by atoms with Crippen LogP contribution in [0.5, 0.6) is 0 Å². The average Bonchev–Trinajstić information content (AvgIpc) is 2.82. The first kappa shape index (κ1) is 17.2. The Hall–Kier alpha value is -2.15. The first-order chi connectivity index (χ1) is 10.9. The molecule has 0 fully saturated rings. The molecule has 0 spiro atoms. The zero-order valence-electron chi connectivity index (χ0n) is 13.0. The molecule has 0 saturated carbocycles. The second kappa shape index (κ2) is 7.41. The van der Waals surface area contributed by atoms with Crippen LogP contribution in [0, 0.1) is 5.92 Å². The predicted octanol–water partition coefficient (Wildman–Crippen LogP) is 1.29. The number of carboxylic acid groups (broad SMARTS) is 1. The number of rotatable bonds is 5. The maximum Gasteiger partial charge on any atom is 0.341 e. The first-order valence-corrected chi connectivity index (χ1v) is 8.25. The van der Waals surface area contributed by atoms with E-state index in [-0.39, 0.29) is 6.61 Å². The molecule has 124 valence electrons. The fraction of sp³-hybridized carbons (Fsp3) is 0.438. The maximum absolute atomic E-state index is 12.2. The number of carbonyl (C=O) groups excluding carboxylic acids is 3. The van der Waals surface area contributed by atoms with Crippen molar-refractivity contribution in [3.05, 3.63) is 28.2 Å². The van der Waals surface area contributed by atoms with Crippen LogP contribution in [0.15, 0.2) is 12.2 Å². The van der Waals surface area contributed by atoms with Crippen molar-refractivity contribution in [3.8, 4) is 0 Å². The van der Waals surface area contributed by atoms with E-state index in [1.54, 1.807) is 6.92 Å². The Kier molecular flexibility index (Phi) is 5.54. The smallest absolute Gasteiger partial charge is 0.341 e. The lowest BCUT2D eigenvalue weighted by Crippen LogP contribution is -2.20. The highest BCUT2D eigenvalue weighted by Gasteiger charge is 2.28. The summed E-state index contributed by atoms with van der Waals surface area (Å²) in [5, 5.41) is 13.4. The Morgan fingerprint density at radius 3 is 2.78 bits per heavy atom. The topological polar surface area (TPSA) is 95.5 Å². The van der Waals surface area contributed by atoms with Crippen molar-refractivity contribution >= 4 is 34.2 Å². The van der Waals surface area contributed by atoms with Crippen LogP contribution in [0.4, 0.5) is 5.00 Å². The molecular weight excluding hydrogens is 318 g/mol. The van der Waals surface area contributed by atoms with Gasteiger partial charge in [-0.25, -0.2) is 4.79 Å². The van der Waals surface area contributed by atoms with Gasteiger partial charge in [0.05, 0.1) is 18.1 Å². The Labute approximate surface area is 138 Å². The number of hydrogen-bond donors (Lipinski definition) is 1. The van der Waals surface area contributed by atoms with Crippen LogP contribution in [-0.2, 0) is 27.2 Å². The number of nitrogens with one attached hydrogen (secondary N) is 1. The number of esters is 1. The summed E-state index contributed by atoms with van der Waals surface area (Å²) in [5.74, 6) is -2.01. The van der Waals surface area contributed by atoms with Gasteiger partial charge in [-0.2, -0.15) is 0 Å². The lowest BCUT2D eigenvalue weighted by molar-refractivity contribution is -0.297. The fourth-order valence-corrected chi connectivity index (χ4v) is 3.96. The predicted molar refractivity (Wildman–Crippen MR) is 84.2 cm³/mol. The molecule has 1 aromatic rings. The number of carboxylic acids is 1. The van der Waals surface area contributed by atoms with Gasteiger partial charge in [0.1, 0.15) is 5.00 Å². The largest absolute Gasteiger partial charge is 0.545 e. The van der Waals surface area contributed by atoms with E-state index in [0.29, 0.717) is 22.6 Å². The van der Waals surface area contributed by atoms with E-state index in [4.69, 9.17) is 4.74 Å². The van der Waals surface area contributed by atoms with Crippen molar-refractivity contribution in [2.24, 2.45) is 5.92 Å². The van der Waals surface area contributed by atoms with Crippen molar-refractivity contribution in [3.63, 3.8) is 0 Å². The van der Waals surface area contributed by atoms with Crippen LogP contribution in [0.1, 0.15) is 41.1 Å². The molecule has 1 heterocycles. The number of hydrogen-bond acceptors (Lipinski definition) is 6. The summed E-state index contributed by atoms with van der Waals surface area (Å²) in [6.45, 7) is 4.12. The SMILES string of the molecule is CCOC(=O)c1c(NC(=O)/C=C/C(=O)[O-])sc2c1CC[C@@H](C)C2. The summed E-state index contributed by atoms with van der Waals surface area (Å²) < 4.78 is 5.09. The highest BCUT2D eigenvalue weighted by Crippen LogP contribution is 2.40. The Morgan fingerprint density at radius 2 is 2.13 bits per heavy atom. The van der Waals surface area contributed by atoms with Crippen molar-refractivity contribution in [1.82, 2.24) is 0 Å². The third kappa shape index (κ3) is 4.19. The van der Waals surface area contributed by atoms with E-state index < -0.39 is 17.8 Å². The van der Waals surface area contributed by atoms with Crippen LogP contribution in [0.3, 0.4) is 0 Å². The third-order valence-corrected chi connectivity index (χ3v) is 4.77. The normalized spacial score (nSPS) is 16.9. The van der Waals surface area contributed by atoms with Crippen molar-refractivity contribution < 1.29 is 24.2 Å². The molecule has 1 N–H and O–H groups in total. The Morgan fingerprint density at radius 1 is 1.39 bits per heavy atom. The quantitative estimate of drug-likeness (QED) is 0.646. The molecule has 0 radical (unpaired) electrons. The molecule has 0 bridgehead atoms. The summed E-state index contributed by atoms with van der Waals surface area (Å²) in [4.78, 5) is 35.5. The van der Waals surface area contributed by atoms with Crippen molar-refractivity contribution in [2.75, 3.05) is 11.9 Å². The molecule has 6 nitrogen and oxygen atoms in total. The van der Waals surface area contributed by atoms with Crippen molar-refractivity contribution in [1.29, 1.82) is 0 Å². The highest BCUT2D eigenvalue weighted by molar-refractivity contribution is 7.17. The molecule has 0 aliphatic heterocycles. The number of fused-ring (bicyclic) bond motifs is 1. The van der Waals surface area contributed by atoms with Crippen LogP contribution in [-0.4, -0.2) is 24.5 Å². The summed E-state index contributed by atoms with van der Waals surface area (Å²) >= 11 is 1.35. The van der Waals surface area contributed by atoms with Gasteiger partial charge in [-0.3, -0.25) is 4.79 Å². The van der Waals surface area contributed by atoms with E-state index in [0.717, 1.165) is 35.8 Å². The molecule has 0 saturated heterocycles. The summed E-state index contributed by atoms with van der Waals surface area (Å²) in [7, 11) is 0. The second-order valence-corrected chi connectivity index (χ2v) is 6.52. The lowest BCUT2D eigenvalue weighted by atomic mass is 9.88. The van der Waals surface area contributed by atoms with E-state index in [9.17, 15) is 19.5 Å². The molecule has 1 amide bonds. The zero-order chi connectivity index (χ0) is 17.0. The van der Waals surface area contributed by atoms with Gasteiger partial charge in [-0.1, -0.05) is 6.92 Å². The van der Waals surface area contributed by atoms with Crippen LogP contribution in [0.25, 0.3) is 0 Å². The molecule has 7 heteroatoms. The van der Waals surface area contributed by atoms with E-state index in [1.165, 1.54) is 11.3 Å². The number of anilines is 1. The summed E-state index contributed by atoms with van der Waals surface area (Å²) in [6, 6.07) is 0. The van der Waals surface area contributed by atoms with Crippen LogP contribution >= 0.6 is 11.3 Å². The molecular formula is C16H18NO5S-. The number of carbonyl (C=O) groups is 3. The highest BCUT2D eigenvalue weighted by atomic mass is 32.1. The van der Waals surface area contributed by atoms with Gasteiger partial charge in [-0.05, 0) is 43.7 Å². The van der Waals surface area contributed by atoms with Crippen LogP contribution in [0.2, 0.25) is 0 Å². The van der Waals surface area contributed by atoms with Gasteiger partial charge < -0.3 is 20.0 Å². The Bertz CT molecular complexity index is 662. The van der Waals surface area contributed by atoms with Gasteiger partial charge in [0.15, 0.2) is 0 Å². The standard InChI is InChI=1S/C16H19NO5S/c1-3-22-16(21)14-10-5-4-9(2)8-11(10)23-15(14)17-12(18)6-7-13(19)20/h6-7,9H,3-5,8H2,1-2H3,(H,17,18)(H,19,20)/p-1/b7-6+/t9-/m1/s1. The number of thiophene rings is 1. The first-order valence-electron chi connectivity index (χ1n) is 7.44. The summed E-state index contributed by atoms with van der Waals surface area (Å²) in [5.41, 5.74) is 1.33. The summed E-state index contributed by atoms with van der Waals surface area (Å²) in [6.07, 6.45) is 4.12. The van der Waals surface area contributed by atoms with Crippen LogP contribution < -0.4 is 10.4 Å². The molecule has 1 aliphatic carbocycles. The number of amides is 1. The van der Waals surface area contributed by atoms with E-state index >= 15 is 0 Å².